The van der Waals surface area contributed by atoms with Gasteiger partial charge in [0.25, 0.3) is 5.91 Å². The van der Waals surface area contributed by atoms with Crippen molar-refractivity contribution in [3.63, 3.8) is 0 Å². The number of alkyl halides is 1. The number of fused-ring (bicyclic) bond motifs is 6. The summed E-state index contributed by atoms with van der Waals surface area (Å²) in [5.41, 5.74) is 6.80. The van der Waals surface area contributed by atoms with Crippen molar-refractivity contribution in [2.45, 2.75) is 63.4 Å². The molecule has 3 aliphatic heterocycles. The molecule has 1 N–H and O–H groups in total. The van der Waals surface area contributed by atoms with Gasteiger partial charge in [-0.2, -0.15) is 0 Å². The molecular weight excluding hydrogens is 638 g/mol. The highest BCUT2D eigenvalue weighted by molar-refractivity contribution is 6.17. The molecule has 0 atom stereocenters. The summed E-state index contributed by atoms with van der Waals surface area (Å²) in [5.74, 6) is 0.128. The maximum absolute atomic E-state index is 13.7. The van der Waals surface area contributed by atoms with Crippen molar-refractivity contribution in [3.8, 4) is 0 Å². The number of hydrogen-bond acceptors (Lipinski definition) is 7. The molecule has 260 valence electrons. The van der Waals surface area contributed by atoms with Crippen molar-refractivity contribution in [3.05, 3.63) is 93.5 Å². The highest BCUT2D eigenvalue weighted by Gasteiger charge is 2.56. The molecule has 4 aliphatic rings. The van der Waals surface area contributed by atoms with Gasteiger partial charge in [0.15, 0.2) is 5.60 Å². The Kier molecular flexibility index (Phi) is 9.91. The minimum absolute atomic E-state index is 0.216. The van der Waals surface area contributed by atoms with E-state index in [-0.39, 0.29) is 17.3 Å². The summed E-state index contributed by atoms with van der Waals surface area (Å²) in [5, 5.41) is 2.99. The van der Waals surface area contributed by atoms with Gasteiger partial charge >= 0.3 is 5.97 Å². The first kappa shape index (κ1) is 33.9. The molecule has 1 aliphatic carbocycles. The number of anilines is 2. The van der Waals surface area contributed by atoms with Gasteiger partial charge in [-0.1, -0.05) is 38.8 Å². The molecule has 1 amide bonds. The van der Waals surface area contributed by atoms with Crippen molar-refractivity contribution in [1.82, 2.24) is 5.32 Å². The molecule has 2 saturated heterocycles. The van der Waals surface area contributed by atoms with E-state index in [1.54, 1.807) is 12.1 Å². The molecule has 9 heteroatoms. The highest BCUT2D eigenvalue weighted by Crippen LogP contribution is 2.57. The Bertz CT molecular complexity index is 1630. The number of nitrogens with zero attached hydrogens (tertiary/aromatic N) is 2. The number of benzene rings is 3. The van der Waals surface area contributed by atoms with Crippen LogP contribution in [0.25, 0.3) is 0 Å². The molecule has 0 radical (unpaired) electrons. The van der Waals surface area contributed by atoms with E-state index in [0.717, 1.165) is 80.7 Å². The first-order valence-corrected chi connectivity index (χ1v) is 18.6. The van der Waals surface area contributed by atoms with Crippen LogP contribution in [-0.4, -0.2) is 76.9 Å². The number of hydrogen-bond donors (Lipinski definition) is 1. The normalized spacial score (nSPS) is 17.9. The molecule has 49 heavy (non-hydrogen) atoms. The predicted molar refractivity (Wildman–Crippen MR) is 194 cm³/mol. The molecule has 0 saturated carbocycles. The number of carbonyl (C=O) groups excluding carboxylic acids is 2. The smallest absolute Gasteiger partial charge is 0.340 e. The second kappa shape index (κ2) is 14.3. The average Bonchev–Trinajstić information content (AvgIpc) is 3.34. The Hall–Kier alpha value is -3.59. The molecule has 0 aromatic heterocycles. The van der Waals surface area contributed by atoms with Crippen LogP contribution in [0.1, 0.15) is 101 Å². The molecule has 3 aromatic carbocycles. The van der Waals surface area contributed by atoms with Crippen molar-refractivity contribution in [2.75, 3.05) is 74.8 Å². The zero-order valence-electron chi connectivity index (χ0n) is 28.8. The van der Waals surface area contributed by atoms with Crippen molar-refractivity contribution >= 4 is 34.9 Å². The number of halogens is 1. The molecule has 0 unspecified atom stereocenters. The van der Waals surface area contributed by atoms with Crippen LogP contribution in [0.3, 0.4) is 0 Å². The van der Waals surface area contributed by atoms with E-state index in [1.165, 1.54) is 24.2 Å². The second-order valence-electron chi connectivity index (χ2n) is 14.2. The fourth-order valence-electron chi connectivity index (χ4n) is 7.66. The lowest BCUT2D eigenvalue weighted by Crippen LogP contribution is -2.43. The third kappa shape index (κ3) is 6.32. The van der Waals surface area contributed by atoms with Gasteiger partial charge in [0.1, 0.15) is 0 Å². The first-order valence-electron chi connectivity index (χ1n) is 18.0. The number of nitrogens with one attached hydrogen (secondary N) is 1. The van der Waals surface area contributed by atoms with Gasteiger partial charge in [-0.25, -0.2) is 4.79 Å². The van der Waals surface area contributed by atoms with Crippen molar-refractivity contribution in [1.29, 1.82) is 0 Å². The third-order valence-electron chi connectivity index (χ3n) is 10.8. The summed E-state index contributed by atoms with van der Waals surface area (Å²) < 4.78 is 17.9. The number of esters is 1. The lowest BCUT2D eigenvalue weighted by atomic mass is 9.61. The molecule has 8 nitrogen and oxygen atoms in total. The lowest BCUT2D eigenvalue weighted by molar-refractivity contribution is 0.0231. The van der Waals surface area contributed by atoms with Crippen molar-refractivity contribution < 1.29 is 23.8 Å². The van der Waals surface area contributed by atoms with Gasteiger partial charge < -0.3 is 29.3 Å². The van der Waals surface area contributed by atoms with E-state index in [0.29, 0.717) is 48.9 Å². The molecule has 1 spiro atoms. The maximum atomic E-state index is 13.7. The third-order valence-corrected chi connectivity index (χ3v) is 11.0. The SMILES string of the molecule is CC1(C)c2cc(N3CCC3)ccc2C2(OC(=O)c3ccc(C(=O)NCCOCCOCCCCCCCl)cc32)c2ccc(N3CCC3)cc21. The average molecular weight is 686 g/mol. The summed E-state index contributed by atoms with van der Waals surface area (Å²) in [6, 6.07) is 18.5. The predicted octanol–water partition coefficient (Wildman–Crippen LogP) is 6.77. The zero-order chi connectivity index (χ0) is 34.0. The molecule has 7 rings (SSSR count). The topological polar surface area (TPSA) is 80.3 Å². The van der Waals surface area contributed by atoms with E-state index in [9.17, 15) is 9.59 Å². The Morgan fingerprint density at radius 3 is 1.96 bits per heavy atom. The Balaban J connectivity index is 1.12. The van der Waals surface area contributed by atoms with Crippen molar-refractivity contribution in [2.24, 2.45) is 0 Å². The van der Waals surface area contributed by atoms with Crippen LogP contribution < -0.4 is 15.1 Å². The summed E-state index contributed by atoms with van der Waals surface area (Å²) in [6.45, 7) is 11.2. The molecule has 2 fully saturated rings. The number of rotatable bonds is 15. The van der Waals surface area contributed by atoms with Crippen LogP contribution in [0.15, 0.2) is 54.6 Å². The highest BCUT2D eigenvalue weighted by atomic mass is 35.5. The van der Waals surface area contributed by atoms with Gasteiger partial charge in [0, 0.05) is 84.3 Å². The van der Waals surface area contributed by atoms with Gasteiger partial charge in [0.05, 0.1) is 25.4 Å². The number of amides is 1. The van der Waals surface area contributed by atoms with E-state index < -0.39 is 5.60 Å². The van der Waals surface area contributed by atoms with Crippen LogP contribution >= 0.6 is 11.6 Å². The minimum Gasteiger partial charge on any atom is -0.441 e. The Labute approximate surface area is 295 Å². The molecule has 3 heterocycles. The van der Waals surface area contributed by atoms with Gasteiger partial charge in [-0.05, 0) is 79.3 Å². The van der Waals surface area contributed by atoms with E-state index in [4.69, 9.17) is 25.8 Å². The quantitative estimate of drug-likeness (QED) is 0.107. The largest absolute Gasteiger partial charge is 0.441 e. The minimum atomic E-state index is -1.16. The summed E-state index contributed by atoms with van der Waals surface area (Å²) >= 11 is 5.72. The van der Waals surface area contributed by atoms with Crippen LogP contribution in [0, 0.1) is 0 Å². The molecule has 3 aromatic rings. The zero-order valence-corrected chi connectivity index (χ0v) is 29.6. The van der Waals surface area contributed by atoms with Gasteiger partial charge in [-0.3, -0.25) is 4.79 Å². The molecule has 0 bridgehead atoms. The standard InChI is InChI=1S/C40H48ClN3O5/c1-39(2)35-26-29(43-17-7-18-43)10-13-32(35)40(33-14-11-30(27-36(33)39)44-19-8-20-44)34-25-28(9-12-31(34)38(46)49-40)37(45)42-16-22-48-24-23-47-21-6-4-3-5-15-41/h9-14,25-27H,3-8,15-24H2,1-2H3,(H,42,45). The number of unbranched alkanes of at least 4 members (excludes halogenated alkanes) is 3. The van der Waals surface area contributed by atoms with Crippen LogP contribution in [0.4, 0.5) is 11.4 Å². The fraction of sp³-hybridized carbons (Fsp3) is 0.500. The Morgan fingerprint density at radius 1 is 0.755 bits per heavy atom. The molecular formula is C40H48ClN3O5. The Morgan fingerprint density at radius 2 is 1.37 bits per heavy atom. The number of ether oxygens (including phenoxy) is 3. The van der Waals surface area contributed by atoms with Gasteiger partial charge in [0.2, 0.25) is 0 Å². The monoisotopic (exact) mass is 685 g/mol. The second-order valence-corrected chi connectivity index (χ2v) is 14.6. The van der Waals surface area contributed by atoms with Gasteiger partial charge in [-0.15, -0.1) is 11.6 Å². The summed E-state index contributed by atoms with van der Waals surface area (Å²) in [7, 11) is 0. The summed E-state index contributed by atoms with van der Waals surface area (Å²) in [4.78, 5) is 31.9. The van der Waals surface area contributed by atoms with Crippen LogP contribution in [-0.2, 0) is 25.2 Å². The maximum Gasteiger partial charge on any atom is 0.340 e. The van der Waals surface area contributed by atoms with Crippen LogP contribution in [0.5, 0.6) is 0 Å². The first-order chi connectivity index (χ1) is 23.8. The van der Waals surface area contributed by atoms with Crippen LogP contribution in [0.2, 0.25) is 0 Å². The summed E-state index contributed by atoms with van der Waals surface area (Å²) in [6.07, 6.45) is 6.72. The lowest BCUT2D eigenvalue weighted by Gasteiger charge is -2.46. The van der Waals surface area contributed by atoms with E-state index >= 15 is 0 Å². The number of carbonyl (C=O) groups is 2. The van der Waals surface area contributed by atoms with E-state index in [1.807, 2.05) is 6.07 Å². The van der Waals surface area contributed by atoms with E-state index in [2.05, 4.69) is 65.4 Å². The fourth-order valence-corrected chi connectivity index (χ4v) is 7.85.